The maximum absolute atomic E-state index is 9.72. The van der Waals surface area contributed by atoms with Crippen molar-refractivity contribution in [2.45, 2.75) is 142 Å². The Kier molecular flexibility index (Phi) is 10.7. The summed E-state index contributed by atoms with van der Waals surface area (Å²) < 4.78 is 20.7. The van der Waals surface area contributed by atoms with Crippen molar-refractivity contribution < 1.29 is 18.4 Å². The fourth-order valence-electron chi connectivity index (χ4n) is 3.41. The van der Waals surface area contributed by atoms with E-state index in [1.165, 1.54) is 11.1 Å². The van der Waals surface area contributed by atoms with Gasteiger partial charge in [-0.15, -0.1) is 0 Å². The van der Waals surface area contributed by atoms with Crippen LogP contribution in [-0.4, -0.2) is 55.5 Å². The van der Waals surface area contributed by atoms with Crippen molar-refractivity contribution in [2.24, 2.45) is 0 Å². The molecule has 0 aromatic heterocycles. The largest absolute Gasteiger partial charge is 0.413 e. The third-order valence-corrected chi connectivity index (χ3v) is 22.5. The van der Waals surface area contributed by atoms with Gasteiger partial charge in [0.05, 0.1) is 25.4 Å². The van der Waals surface area contributed by atoms with Gasteiger partial charge in [-0.05, 0) is 72.8 Å². The van der Waals surface area contributed by atoms with Crippen molar-refractivity contribution >= 4 is 25.0 Å². The van der Waals surface area contributed by atoms with Gasteiger partial charge in [-0.25, -0.2) is 0 Å². The molecule has 1 aliphatic rings. The average molecular weight is 543 g/mol. The van der Waals surface area contributed by atoms with Crippen LogP contribution in [0.3, 0.4) is 0 Å². The monoisotopic (exact) mass is 542 g/mol. The van der Waals surface area contributed by atoms with E-state index in [-0.39, 0.29) is 33.9 Å². The SMILES string of the molecule is CC(C)(C)[Si](C)(C)OCC=C1[C@@H](O[Si](C)(C)C(C)(C)C)CC(=CCO)C[C@H]1O[Si](C)(C)C(C)(C)C. The van der Waals surface area contributed by atoms with Gasteiger partial charge in [0.25, 0.3) is 0 Å². The van der Waals surface area contributed by atoms with Gasteiger partial charge in [-0.2, -0.15) is 0 Å². The summed E-state index contributed by atoms with van der Waals surface area (Å²) in [6, 6.07) is 0. The van der Waals surface area contributed by atoms with E-state index in [1.807, 2.05) is 6.08 Å². The highest BCUT2D eigenvalue weighted by Gasteiger charge is 2.45. The molecule has 206 valence electrons. The molecule has 1 saturated carbocycles. The lowest BCUT2D eigenvalue weighted by molar-refractivity contribution is 0.129. The summed E-state index contributed by atoms with van der Waals surface area (Å²) in [5.41, 5.74) is 2.48. The smallest absolute Gasteiger partial charge is 0.192 e. The van der Waals surface area contributed by atoms with E-state index in [1.54, 1.807) is 0 Å². The second-order valence-corrected chi connectivity index (χ2v) is 29.3. The number of aliphatic hydroxyl groups is 1. The minimum absolute atomic E-state index is 0.0415. The first-order valence-electron chi connectivity index (χ1n) is 13.4. The summed E-state index contributed by atoms with van der Waals surface area (Å²) in [7, 11) is -5.91. The molecule has 2 atom stereocenters. The second kappa shape index (κ2) is 11.4. The Morgan fingerprint density at radius 3 is 1.37 bits per heavy atom. The van der Waals surface area contributed by atoms with Crippen molar-refractivity contribution in [2.75, 3.05) is 13.2 Å². The van der Waals surface area contributed by atoms with Crippen LogP contribution in [0.2, 0.25) is 54.4 Å². The number of rotatable bonds is 8. The maximum atomic E-state index is 9.72. The standard InChI is InChI=1S/C28H58O4Si3/c1-26(2,3)33(10,11)30-19-17-23-24(31-34(12,13)27(4,5)6)20-22(16-18-29)21-25(23)32-35(14,15)28(7,8)9/h16-17,24-25,29H,18-21H2,1-15H3/t24-,25+. The summed E-state index contributed by atoms with van der Waals surface area (Å²) in [6.07, 6.45) is 5.80. The van der Waals surface area contributed by atoms with Crippen LogP contribution in [0.4, 0.5) is 0 Å². The van der Waals surface area contributed by atoms with Crippen LogP contribution in [-0.2, 0) is 13.3 Å². The quantitative estimate of drug-likeness (QED) is 0.247. The molecule has 0 bridgehead atoms. The zero-order valence-corrected chi connectivity index (χ0v) is 28.8. The highest BCUT2D eigenvalue weighted by molar-refractivity contribution is 6.75. The van der Waals surface area contributed by atoms with E-state index < -0.39 is 25.0 Å². The molecule has 0 radical (unpaired) electrons. The lowest BCUT2D eigenvalue weighted by Crippen LogP contribution is -2.50. The van der Waals surface area contributed by atoms with E-state index in [0.717, 1.165) is 12.8 Å². The van der Waals surface area contributed by atoms with Gasteiger partial charge < -0.3 is 18.4 Å². The van der Waals surface area contributed by atoms with Crippen LogP contribution in [0, 0.1) is 0 Å². The number of hydrogen-bond donors (Lipinski definition) is 1. The zero-order valence-electron chi connectivity index (χ0n) is 25.8. The van der Waals surface area contributed by atoms with Gasteiger partial charge in [-0.3, -0.25) is 0 Å². The molecule has 7 heteroatoms. The highest BCUT2D eigenvalue weighted by Crippen LogP contribution is 2.45. The van der Waals surface area contributed by atoms with Crippen LogP contribution in [0.25, 0.3) is 0 Å². The molecule has 0 aromatic rings. The van der Waals surface area contributed by atoms with Gasteiger partial charge in [0, 0.05) is 0 Å². The molecular weight excluding hydrogens is 485 g/mol. The summed E-state index contributed by atoms with van der Waals surface area (Å²) in [6.45, 7) is 35.2. The molecule has 0 aromatic carbocycles. The molecule has 0 saturated heterocycles. The summed E-state index contributed by atoms with van der Waals surface area (Å²) in [4.78, 5) is 0. The third-order valence-electron chi connectivity index (χ3n) is 9.07. The van der Waals surface area contributed by atoms with E-state index >= 15 is 0 Å². The molecule has 0 unspecified atom stereocenters. The molecule has 0 heterocycles. The zero-order chi connectivity index (χ0) is 27.7. The Hall–Kier alpha value is -0.0294. The molecule has 0 aliphatic heterocycles. The van der Waals surface area contributed by atoms with Crippen LogP contribution in [0.1, 0.15) is 75.2 Å². The number of hydrogen-bond acceptors (Lipinski definition) is 4. The first-order chi connectivity index (χ1) is 15.5. The molecule has 1 rings (SSSR count). The molecule has 4 nitrogen and oxygen atoms in total. The number of aliphatic hydroxyl groups excluding tert-OH is 1. The lowest BCUT2D eigenvalue weighted by Gasteiger charge is -2.46. The molecule has 1 aliphatic carbocycles. The Balaban J connectivity index is 3.49. The van der Waals surface area contributed by atoms with Gasteiger partial charge >= 0.3 is 0 Å². The third kappa shape index (κ3) is 8.76. The second-order valence-electron chi connectivity index (χ2n) is 15.0. The van der Waals surface area contributed by atoms with Crippen molar-refractivity contribution in [3.63, 3.8) is 0 Å². The molecule has 0 spiro atoms. The minimum atomic E-state index is -2.02. The van der Waals surface area contributed by atoms with Crippen LogP contribution >= 0.6 is 0 Å². The van der Waals surface area contributed by atoms with E-state index in [2.05, 4.69) is 108 Å². The van der Waals surface area contributed by atoms with Gasteiger partial charge in [-0.1, -0.05) is 80.0 Å². The fourth-order valence-corrected chi connectivity index (χ4v) is 6.91. The maximum Gasteiger partial charge on any atom is 0.192 e. The average Bonchev–Trinajstić information content (AvgIpc) is 2.60. The van der Waals surface area contributed by atoms with E-state index in [9.17, 15) is 5.11 Å². The summed E-state index contributed by atoms with van der Waals surface area (Å²) in [5.74, 6) is 0. The molecule has 1 N–H and O–H groups in total. The fraction of sp³-hybridized carbons (Fsp3) is 0.857. The Morgan fingerprint density at radius 1 is 0.686 bits per heavy atom. The molecule has 35 heavy (non-hydrogen) atoms. The lowest BCUT2D eigenvalue weighted by atomic mass is 9.85. The van der Waals surface area contributed by atoms with E-state index in [0.29, 0.717) is 6.61 Å². The van der Waals surface area contributed by atoms with Gasteiger partial charge in [0.15, 0.2) is 25.0 Å². The molecule has 1 fully saturated rings. The van der Waals surface area contributed by atoms with Crippen molar-refractivity contribution in [1.29, 1.82) is 0 Å². The molecular formula is C28H58O4Si3. The van der Waals surface area contributed by atoms with Crippen molar-refractivity contribution in [3.8, 4) is 0 Å². The Morgan fingerprint density at radius 2 is 1.06 bits per heavy atom. The predicted octanol–water partition coefficient (Wildman–Crippen LogP) is 8.43. The Labute approximate surface area is 221 Å². The topological polar surface area (TPSA) is 47.9 Å². The Bertz CT molecular complexity index is 721. The first-order valence-corrected chi connectivity index (χ1v) is 22.2. The van der Waals surface area contributed by atoms with E-state index in [4.69, 9.17) is 13.3 Å². The predicted molar refractivity (Wildman–Crippen MR) is 160 cm³/mol. The highest BCUT2D eigenvalue weighted by atomic mass is 28.4. The van der Waals surface area contributed by atoms with Gasteiger partial charge in [0.2, 0.25) is 0 Å². The normalized spacial score (nSPS) is 23.9. The van der Waals surface area contributed by atoms with Crippen molar-refractivity contribution in [3.05, 3.63) is 23.3 Å². The van der Waals surface area contributed by atoms with Crippen LogP contribution in [0.15, 0.2) is 23.3 Å². The summed E-state index contributed by atoms with van der Waals surface area (Å²) >= 11 is 0. The summed E-state index contributed by atoms with van der Waals surface area (Å²) in [5, 5.41) is 10.1. The van der Waals surface area contributed by atoms with Crippen LogP contribution < -0.4 is 0 Å². The minimum Gasteiger partial charge on any atom is -0.413 e. The van der Waals surface area contributed by atoms with Gasteiger partial charge in [0.1, 0.15) is 0 Å². The molecule has 0 amide bonds. The van der Waals surface area contributed by atoms with Crippen molar-refractivity contribution in [1.82, 2.24) is 0 Å². The first kappa shape index (κ1) is 33.0. The van der Waals surface area contributed by atoms with Crippen LogP contribution in [0.5, 0.6) is 0 Å².